The summed E-state index contributed by atoms with van der Waals surface area (Å²) in [6.07, 6.45) is 2.49. The van der Waals surface area contributed by atoms with E-state index < -0.39 is 22.5 Å². The third-order valence-electron chi connectivity index (χ3n) is 4.76. The smallest absolute Gasteiger partial charge is 0.260 e. The molecule has 0 aliphatic heterocycles. The van der Waals surface area contributed by atoms with E-state index in [4.69, 9.17) is 21.1 Å². The third kappa shape index (κ3) is 8.01. The number of nitrogens with zero attached hydrogens (tertiary/aromatic N) is 2. The van der Waals surface area contributed by atoms with Crippen LogP contribution in [0.4, 0.5) is 5.69 Å². The van der Waals surface area contributed by atoms with Gasteiger partial charge in [-0.3, -0.25) is 9.10 Å². The fourth-order valence-electron chi connectivity index (χ4n) is 3.05. The normalized spacial score (nSPS) is 11.3. The Morgan fingerprint density at radius 1 is 1.00 bits per heavy atom. The maximum absolute atomic E-state index is 12.3. The van der Waals surface area contributed by atoms with E-state index in [1.54, 1.807) is 54.6 Å². The quantitative estimate of drug-likeness (QED) is 0.304. The minimum atomic E-state index is -3.69. The minimum Gasteiger partial charge on any atom is -0.494 e. The average molecular weight is 516 g/mol. The molecule has 35 heavy (non-hydrogen) atoms. The number of nitrogens with one attached hydrogen (secondary N) is 1. The predicted octanol–water partition coefficient (Wildman–Crippen LogP) is 4.23. The number of ether oxygens (including phenoxy) is 2. The van der Waals surface area contributed by atoms with Gasteiger partial charge in [0.05, 0.1) is 24.8 Å². The summed E-state index contributed by atoms with van der Waals surface area (Å²) in [4.78, 5) is 12.3. The fraction of sp³-hybridized carbons (Fsp3) is 0.200. The van der Waals surface area contributed by atoms with Gasteiger partial charge in [-0.1, -0.05) is 29.8 Å². The molecule has 0 unspecified atom stereocenters. The molecule has 3 rings (SSSR count). The summed E-state index contributed by atoms with van der Waals surface area (Å²) in [5.74, 6) is 0.685. The van der Waals surface area contributed by atoms with E-state index >= 15 is 0 Å². The number of hydrogen-bond donors (Lipinski definition) is 1. The van der Waals surface area contributed by atoms with Gasteiger partial charge in [-0.05, 0) is 67.1 Å². The van der Waals surface area contributed by atoms with Gasteiger partial charge in [0.2, 0.25) is 10.0 Å². The summed E-state index contributed by atoms with van der Waals surface area (Å²) in [7, 11) is -3.69. The SMILES string of the molecule is CCOc1ccc(N(CC(=O)N/N=C\c2ccc(OCc3ccccc3Cl)cc2)S(C)(=O)=O)cc1. The van der Waals surface area contributed by atoms with Gasteiger partial charge in [-0.15, -0.1) is 0 Å². The van der Waals surface area contributed by atoms with Crippen LogP contribution in [0.2, 0.25) is 5.02 Å². The number of amides is 1. The van der Waals surface area contributed by atoms with Crippen LogP contribution in [0.5, 0.6) is 11.5 Å². The van der Waals surface area contributed by atoms with Gasteiger partial charge in [0, 0.05) is 10.6 Å². The Kier molecular flexibility index (Phi) is 9.11. The van der Waals surface area contributed by atoms with Crippen molar-refractivity contribution in [2.45, 2.75) is 13.5 Å². The highest BCUT2D eigenvalue weighted by Crippen LogP contribution is 2.22. The first-order valence-corrected chi connectivity index (χ1v) is 13.0. The number of benzene rings is 3. The molecule has 0 spiro atoms. The van der Waals surface area contributed by atoms with E-state index in [2.05, 4.69) is 10.5 Å². The second-order valence-electron chi connectivity index (χ2n) is 7.44. The predicted molar refractivity (Wildman–Crippen MR) is 138 cm³/mol. The van der Waals surface area contributed by atoms with Crippen molar-refractivity contribution in [3.05, 3.63) is 88.9 Å². The molecule has 0 atom stereocenters. The van der Waals surface area contributed by atoms with E-state index in [1.807, 2.05) is 25.1 Å². The Bertz CT molecular complexity index is 1260. The van der Waals surface area contributed by atoms with Gasteiger partial charge in [-0.25, -0.2) is 13.8 Å². The van der Waals surface area contributed by atoms with Crippen LogP contribution in [0, 0.1) is 0 Å². The third-order valence-corrected chi connectivity index (χ3v) is 6.27. The summed E-state index contributed by atoms with van der Waals surface area (Å²) in [6, 6.07) is 21.0. The molecule has 0 fully saturated rings. The number of rotatable bonds is 11. The van der Waals surface area contributed by atoms with Crippen molar-refractivity contribution in [1.82, 2.24) is 5.43 Å². The van der Waals surface area contributed by atoms with Crippen molar-refractivity contribution < 1.29 is 22.7 Å². The number of anilines is 1. The number of carbonyl (C=O) groups excluding carboxylic acids is 1. The van der Waals surface area contributed by atoms with Gasteiger partial charge in [0.1, 0.15) is 24.7 Å². The summed E-state index contributed by atoms with van der Waals surface area (Å²) >= 11 is 6.13. The van der Waals surface area contributed by atoms with E-state index in [0.29, 0.717) is 35.4 Å². The highest BCUT2D eigenvalue weighted by molar-refractivity contribution is 7.92. The van der Waals surface area contributed by atoms with Gasteiger partial charge in [0.25, 0.3) is 5.91 Å². The fourth-order valence-corrected chi connectivity index (χ4v) is 4.09. The molecule has 3 aromatic rings. The van der Waals surface area contributed by atoms with E-state index in [-0.39, 0.29) is 0 Å². The van der Waals surface area contributed by atoms with Crippen LogP contribution in [0.25, 0.3) is 0 Å². The molecule has 3 aromatic carbocycles. The zero-order valence-corrected chi connectivity index (χ0v) is 20.9. The first-order chi connectivity index (χ1) is 16.8. The molecular formula is C25H26ClN3O5S. The second kappa shape index (κ2) is 12.2. The first-order valence-electron chi connectivity index (χ1n) is 10.7. The highest BCUT2D eigenvalue weighted by atomic mass is 35.5. The van der Waals surface area contributed by atoms with Gasteiger partial charge in [0.15, 0.2) is 0 Å². The van der Waals surface area contributed by atoms with Crippen molar-refractivity contribution >= 4 is 39.4 Å². The molecule has 0 aromatic heterocycles. The molecule has 10 heteroatoms. The van der Waals surface area contributed by atoms with Crippen LogP contribution in [0.3, 0.4) is 0 Å². The lowest BCUT2D eigenvalue weighted by Crippen LogP contribution is -2.39. The Hall–Kier alpha value is -3.56. The molecule has 0 saturated heterocycles. The van der Waals surface area contributed by atoms with E-state index in [1.165, 1.54) is 6.21 Å². The molecule has 184 valence electrons. The standard InChI is InChI=1S/C25H26ClN3O5S/c1-3-33-22-14-10-21(11-15-22)29(35(2,31)32)17-25(30)28-27-16-19-8-12-23(13-9-19)34-18-20-6-4-5-7-24(20)26/h4-16H,3,17-18H2,1-2H3,(H,28,30)/b27-16-. The molecule has 8 nitrogen and oxygen atoms in total. The molecule has 0 heterocycles. The Morgan fingerprint density at radius 3 is 2.26 bits per heavy atom. The molecule has 0 aliphatic rings. The van der Waals surface area contributed by atoms with Crippen LogP contribution < -0.4 is 19.2 Å². The first kappa shape index (κ1) is 26.1. The molecule has 0 saturated carbocycles. The summed E-state index contributed by atoms with van der Waals surface area (Å²) in [6.45, 7) is 2.27. The largest absolute Gasteiger partial charge is 0.494 e. The summed E-state index contributed by atoms with van der Waals surface area (Å²) in [5.41, 5.74) is 4.31. The van der Waals surface area contributed by atoms with Crippen molar-refractivity contribution in [2.24, 2.45) is 5.10 Å². The summed E-state index contributed by atoms with van der Waals surface area (Å²) in [5, 5.41) is 4.56. The van der Waals surface area contributed by atoms with E-state index in [0.717, 1.165) is 21.7 Å². The minimum absolute atomic E-state index is 0.342. The zero-order chi connectivity index (χ0) is 25.3. The van der Waals surface area contributed by atoms with Crippen LogP contribution >= 0.6 is 11.6 Å². The molecular weight excluding hydrogens is 490 g/mol. The van der Waals surface area contributed by atoms with Crippen molar-refractivity contribution in [1.29, 1.82) is 0 Å². The number of hydrogen-bond acceptors (Lipinski definition) is 6. The second-order valence-corrected chi connectivity index (χ2v) is 9.75. The van der Waals surface area contributed by atoms with E-state index in [9.17, 15) is 13.2 Å². The number of hydrazone groups is 1. The molecule has 0 aliphatic carbocycles. The summed E-state index contributed by atoms with van der Waals surface area (Å²) < 4.78 is 36.6. The number of sulfonamides is 1. The monoisotopic (exact) mass is 515 g/mol. The molecule has 0 bridgehead atoms. The topological polar surface area (TPSA) is 97.3 Å². The number of carbonyl (C=O) groups is 1. The highest BCUT2D eigenvalue weighted by Gasteiger charge is 2.20. The van der Waals surface area contributed by atoms with Crippen molar-refractivity contribution in [3.8, 4) is 11.5 Å². The number of halogens is 1. The van der Waals surface area contributed by atoms with Gasteiger partial charge in [-0.2, -0.15) is 5.10 Å². The maximum Gasteiger partial charge on any atom is 0.260 e. The van der Waals surface area contributed by atoms with Crippen LogP contribution in [-0.4, -0.2) is 39.9 Å². The Balaban J connectivity index is 1.55. The van der Waals surface area contributed by atoms with Crippen LogP contribution in [-0.2, 0) is 21.4 Å². The zero-order valence-electron chi connectivity index (χ0n) is 19.3. The van der Waals surface area contributed by atoms with Crippen LogP contribution in [0.15, 0.2) is 77.9 Å². The lowest BCUT2D eigenvalue weighted by Gasteiger charge is -2.21. The van der Waals surface area contributed by atoms with Gasteiger partial charge < -0.3 is 9.47 Å². The van der Waals surface area contributed by atoms with Gasteiger partial charge >= 0.3 is 0 Å². The Morgan fingerprint density at radius 2 is 1.63 bits per heavy atom. The molecule has 0 radical (unpaired) electrons. The average Bonchev–Trinajstić information content (AvgIpc) is 2.83. The molecule has 1 amide bonds. The maximum atomic E-state index is 12.3. The van der Waals surface area contributed by atoms with Crippen molar-refractivity contribution in [2.75, 3.05) is 23.7 Å². The molecule has 1 N–H and O–H groups in total. The van der Waals surface area contributed by atoms with Crippen LogP contribution in [0.1, 0.15) is 18.1 Å². The lowest BCUT2D eigenvalue weighted by atomic mass is 10.2. The Labute approximate surface area is 210 Å². The van der Waals surface area contributed by atoms with Crippen molar-refractivity contribution in [3.63, 3.8) is 0 Å². The lowest BCUT2D eigenvalue weighted by molar-refractivity contribution is -0.119.